The average Bonchev–Trinajstić information content (AvgIpc) is 4.22. The number of rotatable bonds is 4. The van der Waals surface area contributed by atoms with Crippen LogP contribution in [-0.4, -0.2) is 12.3 Å². The summed E-state index contributed by atoms with van der Waals surface area (Å²) in [5.74, 6) is 0. The molecule has 6 heteroatoms. The summed E-state index contributed by atoms with van der Waals surface area (Å²) < 4.78 is 14.0. The molecule has 5 nitrogen and oxygen atoms in total. The van der Waals surface area contributed by atoms with Gasteiger partial charge in [-0.05, 0) is 124 Å². The maximum Gasteiger partial charge on any atom is 0.252 e. The molecule has 5 heterocycles. The van der Waals surface area contributed by atoms with Crippen molar-refractivity contribution in [2.24, 2.45) is 0 Å². The van der Waals surface area contributed by atoms with Crippen LogP contribution in [0.4, 0.5) is 45.5 Å². The third-order valence-corrected chi connectivity index (χ3v) is 18.5. The van der Waals surface area contributed by atoms with Gasteiger partial charge in [-0.1, -0.05) is 183 Å². The summed E-state index contributed by atoms with van der Waals surface area (Å²) in [6.45, 7) is 19.0. The van der Waals surface area contributed by atoms with Crippen LogP contribution in [0.3, 0.4) is 0 Å². The van der Waals surface area contributed by atoms with Crippen LogP contribution in [0, 0.1) is 0 Å². The van der Waals surface area contributed by atoms with Gasteiger partial charge in [0.1, 0.15) is 16.7 Å². The van der Waals surface area contributed by atoms with Crippen molar-refractivity contribution >= 4 is 112 Å². The average molecular weight is 988 g/mol. The fraction of sp³-hybridized carbons (Fsp3) is 0.229. The van der Waals surface area contributed by atoms with Gasteiger partial charge < -0.3 is 23.5 Å². The first-order chi connectivity index (χ1) is 36.7. The summed E-state index contributed by atoms with van der Waals surface area (Å²) in [4.78, 5) is 7.96. The zero-order valence-corrected chi connectivity index (χ0v) is 44.9. The number of para-hydroxylation sites is 4. The van der Waals surface area contributed by atoms with E-state index in [-0.39, 0.29) is 28.5 Å². The molecular formula is C70H62BN3O2. The minimum absolute atomic E-state index is 0.0462. The zero-order chi connectivity index (χ0) is 51.6. The lowest BCUT2D eigenvalue weighted by Crippen LogP contribution is -2.61. The maximum atomic E-state index is 7.08. The smallest absolute Gasteiger partial charge is 0.252 e. The molecule has 0 spiro atoms. The van der Waals surface area contributed by atoms with Gasteiger partial charge in [0.25, 0.3) is 6.71 Å². The van der Waals surface area contributed by atoms with Gasteiger partial charge in [0.2, 0.25) is 0 Å². The van der Waals surface area contributed by atoms with Crippen LogP contribution in [0.1, 0.15) is 97.8 Å². The van der Waals surface area contributed by atoms with Crippen molar-refractivity contribution in [2.45, 2.75) is 103 Å². The molecule has 372 valence electrons. The van der Waals surface area contributed by atoms with E-state index in [9.17, 15) is 0 Å². The van der Waals surface area contributed by atoms with Crippen molar-refractivity contribution in [3.05, 3.63) is 199 Å². The quantitative estimate of drug-likeness (QED) is 0.164. The van der Waals surface area contributed by atoms with Crippen LogP contribution in [0.5, 0.6) is 0 Å². The standard InChI is InChI=1S/C70H62BN3O2/c1-67(2,3)44-31-33-55(50(37-44)43-21-10-9-11-22-43)72-59-42-64-51(48-24-13-16-29-62(48)75-64)41-54(59)71-53-38-45(68(4,5)6)32-34-57(53)73(58-28-20-25-49-47-23-12-17-30-63(47)76-66(49)58)61-40-46(39-60(72)65(61)71)74-56-27-15-14-26-52(56)69(7)35-18-19-36-70(69,74)8/h9-17,20-34,37-42H,18-19,35-36H2,1-8H3. The summed E-state index contributed by atoms with van der Waals surface area (Å²) >= 11 is 0. The largest absolute Gasteiger partial charge is 0.456 e. The lowest BCUT2D eigenvalue weighted by Gasteiger charge is -2.51. The van der Waals surface area contributed by atoms with Gasteiger partial charge in [-0.2, -0.15) is 0 Å². The highest BCUT2D eigenvalue weighted by molar-refractivity contribution is 7.00. The van der Waals surface area contributed by atoms with E-state index in [4.69, 9.17) is 8.83 Å². The van der Waals surface area contributed by atoms with Crippen molar-refractivity contribution in [3.63, 3.8) is 0 Å². The lowest BCUT2D eigenvalue weighted by atomic mass is 9.33. The Balaban J connectivity index is 1.12. The molecule has 0 amide bonds. The Morgan fingerprint density at radius 1 is 0.447 bits per heavy atom. The number of fused-ring (bicyclic) bond motifs is 13. The highest BCUT2D eigenvalue weighted by Crippen LogP contribution is 2.62. The van der Waals surface area contributed by atoms with Crippen molar-refractivity contribution in [1.29, 1.82) is 0 Å². The Morgan fingerprint density at radius 2 is 1.04 bits per heavy atom. The molecule has 0 saturated heterocycles. The van der Waals surface area contributed by atoms with Gasteiger partial charge in [-0.3, -0.25) is 0 Å². The molecule has 0 N–H and O–H groups in total. The minimum Gasteiger partial charge on any atom is -0.456 e. The second-order valence-corrected chi connectivity index (χ2v) is 24.8. The third-order valence-electron chi connectivity index (χ3n) is 18.5. The highest BCUT2D eigenvalue weighted by Gasteiger charge is 2.58. The van der Waals surface area contributed by atoms with E-state index in [2.05, 4.69) is 252 Å². The number of hydrogen-bond acceptors (Lipinski definition) is 5. The molecule has 1 fully saturated rings. The molecule has 2 aromatic heterocycles. The number of hydrogen-bond donors (Lipinski definition) is 0. The second-order valence-electron chi connectivity index (χ2n) is 24.8. The summed E-state index contributed by atoms with van der Waals surface area (Å²) in [5.41, 5.74) is 22.6. The Hall–Kier alpha value is -7.96. The fourth-order valence-corrected chi connectivity index (χ4v) is 14.4. The van der Waals surface area contributed by atoms with E-state index in [1.807, 2.05) is 0 Å². The van der Waals surface area contributed by atoms with Crippen LogP contribution in [0.2, 0.25) is 0 Å². The van der Waals surface area contributed by atoms with Crippen molar-refractivity contribution in [1.82, 2.24) is 0 Å². The van der Waals surface area contributed by atoms with Crippen LogP contribution >= 0.6 is 0 Å². The van der Waals surface area contributed by atoms with Crippen LogP contribution in [0.25, 0.3) is 55.0 Å². The van der Waals surface area contributed by atoms with E-state index in [0.29, 0.717) is 0 Å². The topological polar surface area (TPSA) is 36.0 Å². The number of furan rings is 2. The maximum absolute atomic E-state index is 7.08. The normalized spacial score (nSPS) is 18.8. The van der Waals surface area contributed by atoms with Gasteiger partial charge in [-0.25, -0.2) is 0 Å². The summed E-state index contributed by atoms with van der Waals surface area (Å²) in [5, 5.41) is 4.49. The Bertz CT molecular complexity index is 4230. The lowest BCUT2D eigenvalue weighted by molar-refractivity contribution is 0.195. The molecule has 2 unspecified atom stereocenters. The molecule has 15 rings (SSSR count). The SMILES string of the molecule is CC(C)(C)c1ccc2c(c1)B1c3cc4c(cc3N(c3ccc(C(C)(C)C)cc3-c3ccccc3)c3cc(N5c6ccccc6C6(C)CCCCC56C)cc(c31)N2c1cccc2c1oc1ccccc12)oc1ccccc14. The zero-order valence-electron chi connectivity index (χ0n) is 44.9. The van der Waals surface area contributed by atoms with Gasteiger partial charge in [0.15, 0.2) is 5.58 Å². The number of anilines is 8. The molecule has 1 aliphatic carbocycles. The fourth-order valence-electron chi connectivity index (χ4n) is 14.4. The number of nitrogens with zero attached hydrogens (tertiary/aromatic N) is 3. The molecule has 4 aliphatic rings. The van der Waals surface area contributed by atoms with Crippen LogP contribution < -0.4 is 31.1 Å². The molecule has 1 saturated carbocycles. The van der Waals surface area contributed by atoms with Crippen molar-refractivity contribution in [3.8, 4) is 11.1 Å². The Labute approximate surface area is 446 Å². The van der Waals surface area contributed by atoms with Gasteiger partial charge >= 0.3 is 0 Å². The molecule has 2 atom stereocenters. The van der Waals surface area contributed by atoms with Gasteiger partial charge in [0.05, 0.1) is 16.9 Å². The number of benzene rings is 9. The summed E-state index contributed by atoms with van der Waals surface area (Å²) in [6.07, 6.45) is 4.65. The first-order valence-corrected chi connectivity index (χ1v) is 27.6. The highest BCUT2D eigenvalue weighted by atomic mass is 16.3. The second kappa shape index (κ2) is 15.8. The molecule has 0 bridgehead atoms. The van der Waals surface area contributed by atoms with Crippen LogP contribution in [0.15, 0.2) is 191 Å². The molecule has 76 heavy (non-hydrogen) atoms. The van der Waals surface area contributed by atoms with E-state index in [1.54, 1.807) is 0 Å². The Morgan fingerprint density at radius 3 is 1.79 bits per heavy atom. The predicted octanol–water partition coefficient (Wildman–Crippen LogP) is 17.6. The summed E-state index contributed by atoms with van der Waals surface area (Å²) in [6, 6.07) is 68.6. The van der Waals surface area contributed by atoms with E-state index >= 15 is 0 Å². The minimum atomic E-state index is -0.186. The molecule has 0 radical (unpaired) electrons. The Kier molecular flexibility index (Phi) is 9.45. The van der Waals surface area contributed by atoms with Gasteiger partial charge in [-0.15, -0.1) is 0 Å². The van der Waals surface area contributed by atoms with E-state index < -0.39 is 0 Å². The van der Waals surface area contributed by atoms with Crippen molar-refractivity contribution < 1.29 is 8.83 Å². The van der Waals surface area contributed by atoms with Crippen molar-refractivity contribution in [2.75, 3.05) is 14.7 Å². The third kappa shape index (κ3) is 6.27. The molecule has 3 aliphatic heterocycles. The van der Waals surface area contributed by atoms with Crippen LogP contribution in [-0.2, 0) is 16.2 Å². The van der Waals surface area contributed by atoms with E-state index in [0.717, 1.165) is 85.2 Å². The van der Waals surface area contributed by atoms with E-state index in [1.165, 1.54) is 74.1 Å². The molecule has 9 aromatic carbocycles. The van der Waals surface area contributed by atoms with Gasteiger partial charge in [0, 0.05) is 72.7 Å². The predicted molar refractivity (Wildman–Crippen MR) is 321 cm³/mol. The monoisotopic (exact) mass is 987 g/mol. The first-order valence-electron chi connectivity index (χ1n) is 27.6. The first kappa shape index (κ1) is 45.4. The summed E-state index contributed by atoms with van der Waals surface area (Å²) in [7, 11) is 0. The molecular weight excluding hydrogens is 926 g/mol. The molecule has 11 aromatic rings.